The van der Waals surface area contributed by atoms with E-state index in [1.54, 1.807) is 0 Å². The van der Waals surface area contributed by atoms with Gasteiger partial charge in [-0.1, -0.05) is 27.2 Å². The van der Waals surface area contributed by atoms with E-state index in [-0.39, 0.29) is 12.1 Å². The van der Waals surface area contributed by atoms with Crippen molar-refractivity contribution < 1.29 is 5.11 Å². The molecular formula is C15H32N2O. The second-order valence-electron chi connectivity index (χ2n) is 5.74. The highest BCUT2D eigenvalue weighted by atomic mass is 16.3. The van der Waals surface area contributed by atoms with E-state index in [0.29, 0.717) is 5.92 Å². The molecule has 1 unspecified atom stereocenters. The van der Waals surface area contributed by atoms with Gasteiger partial charge in [0.05, 0.1) is 12.1 Å². The van der Waals surface area contributed by atoms with Crippen molar-refractivity contribution >= 4 is 0 Å². The number of unbranched alkanes of at least 4 members (excludes halogenated alkanes) is 1. The van der Waals surface area contributed by atoms with Crippen LogP contribution in [0, 0.1) is 5.92 Å². The van der Waals surface area contributed by atoms with E-state index in [1.165, 1.54) is 25.7 Å². The lowest BCUT2D eigenvalue weighted by Crippen LogP contribution is -2.58. The molecule has 0 radical (unpaired) electrons. The zero-order valence-corrected chi connectivity index (χ0v) is 12.5. The van der Waals surface area contributed by atoms with Crippen LogP contribution in [-0.2, 0) is 0 Å². The Bertz CT molecular complexity index is 219. The molecular weight excluding hydrogens is 224 g/mol. The molecule has 0 heterocycles. The van der Waals surface area contributed by atoms with Crippen LogP contribution in [0.3, 0.4) is 0 Å². The predicted molar refractivity (Wildman–Crippen MR) is 77.9 cm³/mol. The summed E-state index contributed by atoms with van der Waals surface area (Å²) < 4.78 is 0. The summed E-state index contributed by atoms with van der Waals surface area (Å²) in [5, 5.41) is 13.5. The molecule has 1 aliphatic carbocycles. The minimum atomic E-state index is -0.0419. The maximum atomic E-state index is 9.89. The highest BCUT2D eigenvalue weighted by molar-refractivity contribution is 5.02. The smallest absolute Gasteiger partial charge is 0.0628 e. The van der Waals surface area contributed by atoms with Gasteiger partial charge in [-0.15, -0.1) is 0 Å². The molecule has 0 bridgehead atoms. The molecule has 3 heteroatoms. The monoisotopic (exact) mass is 256 g/mol. The lowest BCUT2D eigenvalue weighted by molar-refractivity contribution is 0.0920. The average Bonchev–Trinajstić information content (AvgIpc) is 3.23. The zero-order valence-electron chi connectivity index (χ0n) is 12.5. The first-order valence-electron chi connectivity index (χ1n) is 7.80. The second kappa shape index (κ2) is 8.13. The van der Waals surface area contributed by atoms with Gasteiger partial charge in [0.25, 0.3) is 0 Å². The predicted octanol–water partition coefficient (Wildman–Crippen LogP) is 2.25. The Morgan fingerprint density at radius 2 is 1.94 bits per heavy atom. The van der Waals surface area contributed by atoms with E-state index >= 15 is 0 Å². The van der Waals surface area contributed by atoms with Gasteiger partial charge in [-0.2, -0.15) is 0 Å². The Kier molecular flexibility index (Phi) is 7.20. The van der Waals surface area contributed by atoms with Crippen molar-refractivity contribution in [3.8, 4) is 0 Å². The van der Waals surface area contributed by atoms with Gasteiger partial charge in [0.15, 0.2) is 0 Å². The molecule has 1 saturated carbocycles. The van der Waals surface area contributed by atoms with Crippen molar-refractivity contribution in [2.24, 2.45) is 5.92 Å². The Morgan fingerprint density at radius 3 is 2.39 bits per heavy atom. The number of aliphatic hydroxyl groups is 1. The maximum absolute atomic E-state index is 9.89. The molecule has 1 atom stereocenters. The van der Waals surface area contributed by atoms with Crippen LogP contribution in [0.1, 0.15) is 52.9 Å². The normalized spacial score (nSPS) is 19.2. The summed E-state index contributed by atoms with van der Waals surface area (Å²) in [4.78, 5) is 2.50. The first kappa shape index (κ1) is 15.9. The Balaban J connectivity index is 2.57. The van der Waals surface area contributed by atoms with Crippen molar-refractivity contribution in [2.75, 3.05) is 32.8 Å². The highest BCUT2D eigenvalue weighted by Crippen LogP contribution is 2.40. The summed E-state index contributed by atoms with van der Waals surface area (Å²) >= 11 is 0. The molecule has 1 rings (SSSR count). The lowest BCUT2D eigenvalue weighted by atomic mass is 9.92. The van der Waals surface area contributed by atoms with Crippen LogP contribution in [0.2, 0.25) is 0 Å². The van der Waals surface area contributed by atoms with E-state index in [0.717, 1.165) is 32.6 Å². The van der Waals surface area contributed by atoms with E-state index in [1.807, 2.05) is 0 Å². The van der Waals surface area contributed by atoms with Crippen LogP contribution in [0.25, 0.3) is 0 Å². The van der Waals surface area contributed by atoms with Crippen LogP contribution < -0.4 is 5.32 Å². The van der Waals surface area contributed by atoms with Gasteiger partial charge in [0.1, 0.15) is 0 Å². The molecule has 0 aromatic heterocycles. The van der Waals surface area contributed by atoms with Crippen LogP contribution in [0.4, 0.5) is 0 Å². The third-order valence-corrected chi connectivity index (χ3v) is 4.15. The topological polar surface area (TPSA) is 35.5 Å². The van der Waals surface area contributed by atoms with Gasteiger partial charge in [0, 0.05) is 6.54 Å². The molecule has 0 aromatic carbocycles. The summed E-state index contributed by atoms with van der Waals surface area (Å²) in [6.45, 7) is 11.2. The number of nitrogens with zero attached hydrogens (tertiary/aromatic N) is 1. The Labute approximate surface area is 113 Å². The van der Waals surface area contributed by atoms with E-state index in [4.69, 9.17) is 0 Å². The molecule has 0 amide bonds. The van der Waals surface area contributed by atoms with Crippen molar-refractivity contribution in [3.63, 3.8) is 0 Å². The first-order valence-corrected chi connectivity index (χ1v) is 7.80. The maximum Gasteiger partial charge on any atom is 0.0628 e. The Morgan fingerprint density at radius 1 is 1.22 bits per heavy atom. The average molecular weight is 256 g/mol. The molecule has 0 aromatic rings. The number of likely N-dealkylation sites (N-methyl/N-ethyl adjacent to an activating group) is 1. The molecule has 0 saturated heterocycles. The van der Waals surface area contributed by atoms with Crippen molar-refractivity contribution in [3.05, 3.63) is 0 Å². The minimum absolute atomic E-state index is 0.0419. The van der Waals surface area contributed by atoms with Crippen LogP contribution in [0.15, 0.2) is 0 Å². The number of hydrogen-bond donors (Lipinski definition) is 2. The third-order valence-electron chi connectivity index (χ3n) is 4.15. The van der Waals surface area contributed by atoms with Gasteiger partial charge in [0.2, 0.25) is 0 Å². The summed E-state index contributed by atoms with van der Waals surface area (Å²) in [6, 6.07) is 0. The molecule has 18 heavy (non-hydrogen) atoms. The van der Waals surface area contributed by atoms with E-state index in [2.05, 4.69) is 31.0 Å². The lowest BCUT2D eigenvalue weighted by Gasteiger charge is -2.38. The molecule has 3 nitrogen and oxygen atoms in total. The number of nitrogens with one attached hydrogen (secondary N) is 1. The van der Waals surface area contributed by atoms with Crippen molar-refractivity contribution in [2.45, 2.75) is 58.4 Å². The molecule has 0 aliphatic heterocycles. The SMILES string of the molecule is CCCCN(CC)CC(CO)(NCCC)C1CC1. The summed E-state index contributed by atoms with van der Waals surface area (Å²) in [5.74, 6) is 0.685. The highest BCUT2D eigenvalue weighted by Gasteiger charge is 2.45. The van der Waals surface area contributed by atoms with Crippen LogP contribution >= 0.6 is 0 Å². The van der Waals surface area contributed by atoms with Crippen molar-refractivity contribution in [1.29, 1.82) is 0 Å². The van der Waals surface area contributed by atoms with E-state index < -0.39 is 0 Å². The standard InChI is InChI=1S/C15H32N2O/c1-4-7-11-17(6-3)12-15(13-18,14-8-9-14)16-10-5-2/h14,16,18H,4-13H2,1-3H3. The molecule has 0 spiro atoms. The number of rotatable bonds is 11. The zero-order chi connectivity index (χ0) is 13.4. The van der Waals surface area contributed by atoms with Gasteiger partial charge in [-0.3, -0.25) is 0 Å². The fourth-order valence-corrected chi connectivity index (χ4v) is 2.70. The molecule has 108 valence electrons. The second-order valence-corrected chi connectivity index (χ2v) is 5.74. The molecule has 1 fully saturated rings. The van der Waals surface area contributed by atoms with Crippen LogP contribution in [0.5, 0.6) is 0 Å². The van der Waals surface area contributed by atoms with Crippen molar-refractivity contribution in [1.82, 2.24) is 10.2 Å². The van der Waals surface area contributed by atoms with Gasteiger partial charge >= 0.3 is 0 Å². The quantitative estimate of drug-likeness (QED) is 0.595. The summed E-state index contributed by atoms with van der Waals surface area (Å²) in [5.41, 5.74) is -0.0419. The van der Waals surface area contributed by atoms with E-state index in [9.17, 15) is 5.11 Å². The fourth-order valence-electron chi connectivity index (χ4n) is 2.70. The number of hydrogen-bond acceptors (Lipinski definition) is 3. The largest absolute Gasteiger partial charge is 0.394 e. The third kappa shape index (κ3) is 4.52. The van der Waals surface area contributed by atoms with Gasteiger partial charge in [-0.25, -0.2) is 0 Å². The van der Waals surface area contributed by atoms with Crippen LogP contribution in [-0.4, -0.2) is 48.3 Å². The fraction of sp³-hybridized carbons (Fsp3) is 1.00. The van der Waals surface area contributed by atoms with Gasteiger partial charge < -0.3 is 15.3 Å². The summed E-state index contributed by atoms with van der Waals surface area (Å²) in [6.07, 6.45) is 6.20. The number of aliphatic hydroxyl groups excluding tert-OH is 1. The minimum Gasteiger partial charge on any atom is -0.394 e. The molecule has 2 N–H and O–H groups in total. The summed E-state index contributed by atoms with van der Waals surface area (Å²) in [7, 11) is 0. The Hall–Kier alpha value is -0.120. The molecule has 1 aliphatic rings. The first-order chi connectivity index (χ1) is 8.72. The van der Waals surface area contributed by atoms with Gasteiger partial charge in [-0.05, 0) is 51.2 Å².